The van der Waals surface area contributed by atoms with Crippen LogP contribution in [-0.4, -0.2) is 37.3 Å². The van der Waals surface area contributed by atoms with E-state index in [2.05, 4.69) is 10.6 Å². The quantitative estimate of drug-likeness (QED) is 0.783. The van der Waals surface area contributed by atoms with Gasteiger partial charge >= 0.3 is 0 Å². The van der Waals surface area contributed by atoms with Gasteiger partial charge in [0, 0.05) is 12.6 Å². The molecule has 0 aliphatic carbocycles. The van der Waals surface area contributed by atoms with Crippen LogP contribution in [0.15, 0.2) is 18.2 Å². The fourth-order valence-corrected chi connectivity index (χ4v) is 2.06. The monoisotopic (exact) mass is 286 g/mol. The standard InChI is InChI=1S/C13H18N2O3.ClH/c1-18-10-4-5-12(16)11(7-10)13(17)15-9-3-2-6-14-8-9;/h4-5,7,9,14,16H,2-3,6,8H2,1H3,(H,15,17);1H/t9-;/m0./s1. The van der Waals surface area contributed by atoms with Crippen LogP contribution in [0.3, 0.4) is 0 Å². The first-order valence-corrected chi connectivity index (χ1v) is 6.09. The number of carbonyl (C=O) groups is 1. The Labute approximate surface area is 118 Å². The highest BCUT2D eigenvalue weighted by Gasteiger charge is 2.18. The molecule has 1 aromatic rings. The fourth-order valence-electron chi connectivity index (χ4n) is 2.06. The van der Waals surface area contributed by atoms with Gasteiger partial charge in [0.2, 0.25) is 0 Å². The molecule has 1 aliphatic rings. The van der Waals surface area contributed by atoms with Crippen molar-refractivity contribution in [2.75, 3.05) is 20.2 Å². The molecular weight excluding hydrogens is 268 g/mol. The van der Waals surface area contributed by atoms with Crippen molar-refractivity contribution in [2.45, 2.75) is 18.9 Å². The van der Waals surface area contributed by atoms with E-state index in [0.29, 0.717) is 5.75 Å². The van der Waals surface area contributed by atoms with Crippen molar-refractivity contribution >= 4 is 18.3 Å². The first kappa shape index (κ1) is 15.6. The lowest BCUT2D eigenvalue weighted by Gasteiger charge is -2.24. The molecule has 1 aromatic carbocycles. The van der Waals surface area contributed by atoms with Crippen molar-refractivity contribution < 1.29 is 14.6 Å². The minimum absolute atomic E-state index is 0. The summed E-state index contributed by atoms with van der Waals surface area (Å²) in [6.45, 7) is 1.77. The van der Waals surface area contributed by atoms with Crippen molar-refractivity contribution in [3.8, 4) is 11.5 Å². The Bertz CT molecular complexity index is 434. The molecule has 3 N–H and O–H groups in total. The summed E-state index contributed by atoms with van der Waals surface area (Å²) < 4.78 is 5.05. The van der Waals surface area contributed by atoms with Crippen LogP contribution in [0.2, 0.25) is 0 Å². The van der Waals surface area contributed by atoms with Crippen molar-refractivity contribution in [3.05, 3.63) is 23.8 Å². The molecule has 0 bridgehead atoms. The lowest BCUT2D eigenvalue weighted by Crippen LogP contribution is -2.45. The molecule has 0 radical (unpaired) electrons. The number of phenolic OH excluding ortho intramolecular Hbond substituents is 1. The number of hydrogen-bond acceptors (Lipinski definition) is 4. The van der Waals surface area contributed by atoms with E-state index in [4.69, 9.17) is 4.74 Å². The van der Waals surface area contributed by atoms with Crippen molar-refractivity contribution in [1.82, 2.24) is 10.6 Å². The molecule has 0 unspecified atom stereocenters. The molecule has 5 nitrogen and oxygen atoms in total. The largest absolute Gasteiger partial charge is 0.507 e. The summed E-state index contributed by atoms with van der Waals surface area (Å²) in [6.07, 6.45) is 2.01. The number of rotatable bonds is 3. The number of phenols is 1. The third-order valence-corrected chi connectivity index (χ3v) is 3.08. The van der Waals surface area contributed by atoms with Gasteiger partial charge in [-0.25, -0.2) is 0 Å². The van der Waals surface area contributed by atoms with Gasteiger partial charge in [0.1, 0.15) is 11.5 Å². The number of hydrogen-bond donors (Lipinski definition) is 3. The Morgan fingerprint density at radius 2 is 2.32 bits per heavy atom. The molecule has 1 atom stereocenters. The van der Waals surface area contributed by atoms with Crippen LogP contribution in [0.5, 0.6) is 11.5 Å². The van der Waals surface area contributed by atoms with Crippen molar-refractivity contribution in [1.29, 1.82) is 0 Å². The number of carbonyl (C=O) groups excluding carboxylic acids is 1. The van der Waals surface area contributed by atoms with E-state index in [1.54, 1.807) is 12.1 Å². The number of halogens is 1. The molecule has 1 heterocycles. The summed E-state index contributed by atoms with van der Waals surface area (Å²) in [5, 5.41) is 15.8. The number of nitrogens with one attached hydrogen (secondary N) is 2. The first-order valence-electron chi connectivity index (χ1n) is 6.09. The number of amides is 1. The Morgan fingerprint density at radius 3 is 2.95 bits per heavy atom. The molecule has 1 fully saturated rings. The average molecular weight is 287 g/mol. The zero-order chi connectivity index (χ0) is 13.0. The fraction of sp³-hybridized carbons (Fsp3) is 0.462. The lowest BCUT2D eigenvalue weighted by molar-refractivity contribution is 0.0927. The highest BCUT2D eigenvalue weighted by atomic mass is 35.5. The maximum Gasteiger partial charge on any atom is 0.255 e. The second-order valence-electron chi connectivity index (χ2n) is 4.40. The highest BCUT2D eigenvalue weighted by molar-refractivity contribution is 5.97. The van der Waals surface area contributed by atoms with Gasteiger partial charge in [-0.2, -0.15) is 0 Å². The van der Waals surface area contributed by atoms with E-state index in [0.717, 1.165) is 25.9 Å². The minimum Gasteiger partial charge on any atom is -0.507 e. The molecule has 106 valence electrons. The number of benzene rings is 1. The number of aromatic hydroxyl groups is 1. The average Bonchev–Trinajstić information content (AvgIpc) is 2.40. The van der Waals surface area contributed by atoms with Gasteiger partial charge in [-0.3, -0.25) is 4.79 Å². The summed E-state index contributed by atoms with van der Waals surface area (Å²) in [7, 11) is 1.53. The Kier molecular flexibility index (Phi) is 5.92. The first-order chi connectivity index (χ1) is 8.70. The molecule has 0 aromatic heterocycles. The zero-order valence-corrected chi connectivity index (χ0v) is 11.6. The lowest BCUT2D eigenvalue weighted by atomic mass is 10.1. The van der Waals surface area contributed by atoms with Crippen molar-refractivity contribution in [2.24, 2.45) is 0 Å². The second kappa shape index (κ2) is 7.21. The van der Waals surface area contributed by atoms with Gasteiger partial charge in [0.05, 0.1) is 12.7 Å². The van der Waals surface area contributed by atoms with Crippen LogP contribution in [0.4, 0.5) is 0 Å². The third-order valence-electron chi connectivity index (χ3n) is 3.08. The molecule has 0 saturated carbocycles. The molecule has 1 amide bonds. The van der Waals surface area contributed by atoms with E-state index in [1.807, 2.05) is 0 Å². The second-order valence-corrected chi connectivity index (χ2v) is 4.40. The van der Waals surface area contributed by atoms with E-state index in [9.17, 15) is 9.90 Å². The predicted octanol–water partition coefficient (Wildman–Crippen LogP) is 1.30. The number of piperidine rings is 1. The van der Waals surface area contributed by atoms with E-state index in [1.165, 1.54) is 13.2 Å². The SMILES string of the molecule is COc1ccc(O)c(C(=O)N[C@H]2CCCNC2)c1.Cl. The van der Waals surface area contributed by atoms with Gasteiger partial charge in [0.15, 0.2) is 0 Å². The van der Waals surface area contributed by atoms with Crippen LogP contribution in [0.1, 0.15) is 23.2 Å². The van der Waals surface area contributed by atoms with Gasteiger partial charge in [-0.15, -0.1) is 12.4 Å². The molecule has 1 saturated heterocycles. The Morgan fingerprint density at radius 1 is 1.53 bits per heavy atom. The van der Waals surface area contributed by atoms with Crippen molar-refractivity contribution in [3.63, 3.8) is 0 Å². The molecule has 0 spiro atoms. The highest BCUT2D eigenvalue weighted by Crippen LogP contribution is 2.22. The molecular formula is C13H19ClN2O3. The normalized spacial score (nSPS) is 18.3. The summed E-state index contributed by atoms with van der Waals surface area (Å²) in [4.78, 5) is 12.0. The van der Waals surface area contributed by atoms with E-state index < -0.39 is 0 Å². The Hall–Kier alpha value is -1.46. The van der Waals surface area contributed by atoms with Crippen LogP contribution in [-0.2, 0) is 0 Å². The predicted molar refractivity (Wildman–Crippen MR) is 75.3 cm³/mol. The zero-order valence-electron chi connectivity index (χ0n) is 10.8. The van der Waals surface area contributed by atoms with Crippen LogP contribution < -0.4 is 15.4 Å². The summed E-state index contributed by atoms with van der Waals surface area (Å²) in [6, 6.07) is 4.75. The molecule has 6 heteroatoms. The minimum atomic E-state index is -0.264. The van der Waals surface area contributed by atoms with Crippen LogP contribution in [0.25, 0.3) is 0 Å². The Balaban J connectivity index is 0.00000180. The van der Waals surface area contributed by atoms with Gasteiger partial charge < -0.3 is 20.5 Å². The summed E-state index contributed by atoms with van der Waals surface area (Å²) >= 11 is 0. The molecule has 19 heavy (non-hydrogen) atoms. The molecule has 2 rings (SSSR count). The van der Waals surface area contributed by atoms with E-state index in [-0.39, 0.29) is 35.7 Å². The van der Waals surface area contributed by atoms with Gasteiger partial charge in [-0.1, -0.05) is 0 Å². The third kappa shape index (κ3) is 4.01. The van der Waals surface area contributed by atoms with Gasteiger partial charge in [0.25, 0.3) is 5.91 Å². The topological polar surface area (TPSA) is 70.6 Å². The summed E-state index contributed by atoms with van der Waals surface area (Å²) in [5.74, 6) is 0.261. The van der Waals surface area contributed by atoms with Crippen LogP contribution >= 0.6 is 12.4 Å². The number of methoxy groups -OCH3 is 1. The maximum absolute atomic E-state index is 12.0. The molecule has 1 aliphatic heterocycles. The summed E-state index contributed by atoms with van der Waals surface area (Å²) in [5.41, 5.74) is 0.250. The van der Waals surface area contributed by atoms with Gasteiger partial charge in [-0.05, 0) is 37.6 Å². The van der Waals surface area contributed by atoms with Crippen LogP contribution in [0, 0.1) is 0 Å². The number of ether oxygens (including phenoxy) is 1. The maximum atomic E-state index is 12.0. The van der Waals surface area contributed by atoms with E-state index >= 15 is 0 Å². The smallest absolute Gasteiger partial charge is 0.255 e.